The fraction of sp³-hybridized carbons (Fsp3) is 0.333. The SMILES string of the molecule is Cn1nnc(Br)c1S(=O)(=O)N1CC(N)Cc2ccccc21. The summed E-state index contributed by atoms with van der Waals surface area (Å²) in [4.78, 5) is 0. The monoisotopic (exact) mass is 371 g/mol. The van der Waals surface area contributed by atoms with Crippen LogP contribution in [-0.2, 0) is 23.5 Å². The molecule has 2 N–H and O–H groups in total. The van der Waals surface area contributed by atoms with Gasteiger partial charge in [-0.05, 0) is 34.0 Å². The number of fused-ring (bicyclic) bond motifs is 1. The van der Waals surface area contributed by atoms with E-state index in [-0.39, 0.29) is 22.2 Å². The van der Waals surface area contributed by atoms with Gasteiger partial charge in [0.1, 0.15) is 0 Å². The number of sulfonamides is 1. The highest BCUT2D eigenvalue weighted by Gasteiger charge is 2.35. The van der Waals surface area contributed by atoms with Crippen molar-refractivity contribution in [1.29, 1.82) is 0 Å². The minimum Gasteiger partial charge on any atom is -0.326 e. The lowest BCUT2D eigenvalue weighted by Gasteiger charge is -2.33. The third-order valence-corrected chi connectivity index (χ3v) is 6.08. The van der Waals surface area contributed by atoms with Crippen molar-refractivity contribution in [2.45, 2.75) is 17.5 Å². The Labute approximate surface area is 130 Å². The van der Waals surface area contributed by atoms with E-state index in [1.54, 1.807) is 13.1 Å². The quantitative estimate of drug-likeness (QED) is 0.836. The normalized spacial score (nSPS) is 18.6. The van der Waals surface area contributed by atoms with E-state index in [2.05, 4.69) is 26.2 Å². The average molecular weight is 372 g/mol. The first kappa shape index (κ1) is 14.5. The van der Waals surface area contributed by atoms with E-state index in [9.17, 15) is 8.42 Å². The first-order valence-corrected chi connectivity index (χ1v) is 8.56. The number of para-hydroxylation sites is 1. The van der Waals surface area contributed by atoms with Crippen LogP contribution in [0.3, 0.4) is 0 Å². The van der Waals surface area contributed by atoms with Crippen molar-refractivity contribution in [3.63, 3.8) is 0 Å². The van der Waals surface area contributed by atoms with Crippen LogP contribution >= 0.6 is 15.9 Å². The number of nitrogens with zero attached hydrogens (tertiary/aromatic N) is 4. The summed E-state index contributed by atoms with van der Waals surface area (Å²) in [5, 5.41) is 7.50. The summed E-state index contributed by atoms with van der Waals surface area (Å²) < 4.78 is 28.6. The number of rotatable bonds is 2. The largest absolute Gasteiger partial charge is 0.326 e. The number of aromatic nitrogens is 3. The van der Waals surface area contributed by atoms with E-state index in [0.717, 1.165) is 5.56 Å². The number of nitrogens with two attached hydrogens (primary N) is 1. The lowest BCUT2D eigenvalue weighted by Crippen LogP contribution is -2.46. The van der Waals surface area contributed by atoms with Crippen LogP contribution in [0.25, 0.3) is 0 Å². The van der Waals surface area contributed by atoms with Crippen LogP contribution in [0.15, 0.2) is 33.9 Å². The average Bonchev–Trinajstić information content (AvgIpc) is 2.77. The van der Waals surface area contributed by atoms with E-state index < -0.39 is 10.0 Å². The van der Waals surface area contributed by atoms with Crippen LogP contribution < -0.4 is 10.0 Å². The molecule has 0 fully saturated rings. The number of hydrogen-bond donors (Lipinski definition) is 1. The van der Waals surface area contributed by atoms with Gasteiger partial charge in [0.25, 0.3) is 10.0 Å². The molecule has 0 amide bonds. The van der Waals surface area contributed by atoms with E-state index >= 15 is 0 Å². The van der Waals surface area contributed by atoms with Crippen molar-refractivity contribution in [1.82, 2.24) is 15.0 Å². The summed E-state index contributed by atoms with van der Waals surface area (Å²) in [7, 11) is -2.24. The maximum absolute atomic E-state index is 12.9. The first-order valence-electron chi connectivity index (χ1n) is 6.32. The minimum atomic E-state index is -3.78. The number of anilines is 1. The van der Waals surface area contributed by atoms with Crippen molar-refractivity contribution < 1.29 is 8.42 Å². The maximum atomic E-state index is 12.9. The number of hydrogen-bond acceptors (Lipinski definition) is 5. The molecule has 3 rings (SSSR count). The van der Waals surface area contributed by atoms with E-state index in [4.69, 9.17) is 5.73 Å². The predicted octanol–water partition coefficient (Wildman–Crippen LogP) is 0.656. The van der Waals surface area contributed by atoms with Gasteiger partial charge in [-0.3, -0.25) is 4.31 Å². The topological polar surface area (TPSA) is 94.1 Å². The van der Waals surface area contributed by atoms with Crippen LogP contribution in [0.2, 0.25) is 0 Å². The van der Waals surface area contributed by atoms with E-state index in [1.807, 2.05) is 18.2 Å². The molecule has 0 radical (unpaired) electrons. The Bertz CT molecular complexity index is 769. The molecular weight excluding hydrogens is 358 g/mol. The van der Waals surface area contributed by atoms with Crippen LogP contribution in [0.1, 0.15) is 5.56 Å². The Morgan fingerprint density at radius 3 is 2.76 bits per heavy atom. The Balaban J connectivity index is 2.16. The standard InChI is InChI=1S/C12H14BrN5O2S/c1-17-12(11(13)15-16-17)21(19,20)18-7-9(14)6-8-4-2-3-5-10(8)18/h2-5,9H,6-7,14H2,1H3. The van der Waals surface area contributed by atoms with Gasteiger partial charge in [0.2, 0.25) is 5.03 Å². The molecule has 0 saturated carbocycles. The van der Waals surface area contributed by atoms with Gasteiger partial charge in [-0.25, -0.2) is 4.68 Å². The van der Waals surface area contributed by atoms with Crippen LogP contribution in [0.5, 0.6) is 0 Å². The van der Waals surface area contributed by atoms with Crippen molar-refractivity contribution in [2.75, 3.05) is 10.8 Å². The van der Waals surface area contributed by atoms with Crippen molar-refractivity contribution in [3.8, 4) is 0 Å². The van der Waals surface area contributed by atoms with Crippen molar-refractivity contribution in [3.05, 3.63) is 34.4 Å². The third kappa shape index (κ3) is 2.34. The minimum absolute atomic E-state index is 0.0198. The first-order chi connectivity index (χ1) is 9.91. The fourth-order valence-corrected chi connectivity index (χ4v) is 5.11. The summed E-state index contributed by atoms with van der Waals surface area (Å²) in [5.74, 6) is 0. The van der Waals surface area contributed by atoms with Gasteiger partial charge in [-0.1, -0.05) is 23.4 Å². The molecule has 1 aliphatic rings. The van der Waals surface area contributed by atoms with Gasteiger partial charge in [0.15, 0.2) is 4.60 Å². The van der Waals surface area contributed by atoms with E-state index in [0.29, 0.717) is 12.1 Å². The zero-order valence-electron chi connectivity index (χ0n) is 11.3. The van der Waals surface area contributed by atoms with Gasteiger partial charge in [0.05, 0.1) is 5.69 Å². The second kappa shape index (κ2) is 5.08. The molecule has 1 atom stereocenters. The molecule has 0 bridgehead atoms. The molecular formula is C12H14BrN5O2S. The third-order valence-electron chi connectivity index (χ3n) is 3.41. The smallest absolute Gasteiger partial charge is 0.284 e. The molecule has 1 aromatic heterocycles. The molecule has 0 saturated heterocycles. The molecule has 112 valence electrons. The molecule has 2 heterocycles. The highest BCUT2D eigenvalue weighted by Crippen LogP contribution is 2.32. The highest BCUT2D eigenvalue weighted by molar-refractivity contribution is 9.10. The Morgan fingerprint density at radius 1 is 1.38 bits per heavy atom. The molecule has 0 aliphatic carbocycles. The zero-order valence-corrected chi connectivity index (χ0v) is 13.7. The van der Waals surface area contributed by atoms with Gasteiger partial charge in [-0.2, -0.15) is 8.42 Å². The molecule has 1 aliphatic heterocycles. The van der Waals surface area contributed by atoms with Crippen LogP contribution in [0, 0.1) is 0 Å². The van der Waals surface area contributed by atoms with Crippen LogP contribution in [0.4, 0.5) is 5.69 Å². The molecule has 1 unspecified atom stereocenters. The molecule has 1 aromatic carbocycles. The summed E-state index contributed by atoms with van der Waals surface area (Å²) in [6.07, 6.45) is 0.660. The van der Waals surface area contributed by atoms with Crippen molar-refractivity contribution >= 4 is 31.6 Å². The molecule has 2 aromatic rings. The Hall–Kier alpha value is -1.45. The summed E-state index contributed by atoms with van der Waals surface area (Å²) in [6, 6.07) is 7.14. The van der Waals surface area contributed by atoms with Crippen molar-refractivity contribution in [2.24, 2.45) is 12.8 Å². The molecule has 21 heavy (non-hydrogen) atoms. The van der Waals surface area contributed by atoms with Gasteiger partial charge >= 0.3 is 0 Å². The second-order valence-corrected chi connectivity index (χ2v) is 7.47. The predicted molar refractivity (Wildman–Crippen MR) is 81.4 cm³/mol. The number of halogens is 1. The highest BCUT2D eigenvalue weighted by atomic mass is 79.9. The summed E-state index contributed by atoms with van der Waals surface area (Å²) in [6.45, 7) is 0.233. The number of benzene rings is 1. The Kier molecular flexibility index (Phi) is 3.50. The second-order valence-electron chi connectivity index (χ2n) is 4.94. The molecule has 7 nitrogen and oxygen atoms in total. The lowest BCUT2D eigenvalue weighted by atomic mass is 10.0. The van der Waals surface area contributed by atoms with Crippen LogP contribution in [-0.4, -0.2) is 36.0 Å². The maximum Gasteiger partial charge on any atom is 0.284 e. The Morgan fingerprint density at radius 2 is 2.10 bits per heavy atom. The molecule has 0 spiro atoms. The fourth-order valence-electron chi connectivity index (χ4n) is 2.51. The lowest BCUT2D eigenvalue weighted by molar-refractivity contribution is 0.557. The molecule has 9 heteroatoms. The summed E-state index contributed by atoms with van der Waals surface area (Å²) >= 11 is 3.14. The van der Waals surface area contributed by atoms with E-state index in [1.165, 1.54) is 8.99 Å². The zero-order chi connectivity index (χ0) is 15.2. The van der Waals surface area contributed by atoms with Gasteiger partial charge in [0, 0.05) is 19.6 Å². The number of aryl methyl sites for hydroxylation is 1. The van der Waals surface area contributed by atoms with Gasteiger partial charge in [-0.15, -0.1) is 5.10 Å². The summed E-state index contributed by atoms with van der Waals surface area (Å²) in [5.41, 5.74) is 7.59. The van der Waals surface area contributed by atoms with Gasteiger partial charge < -0.3 is 5.73 Å².